The van der Waals surface area contributed by atoms with Crippen LogP contribution in [0.3, 0.4) is 0 Å². The van der Waals surface area contributed by atoms with E-state index in [1.165, 1.54) is 0 Å². The summed E-state index contributed by atoms with van der Waals surface area (Å²) >= 11 is 5.92. The van der Waals surface area contributed by atoms with Crippen LogP contribution in [0, 0.1) is 0 Å². The molecule has 1 aromatic heterocycles. The van der Waals surface area contributed by atoms with Gasteiger partial charge in [-0.15, -0.1) is 0 Å². The van der Waals surface area contributed by atoms with Gasteiger partial charge in [0.1, 0.15) is 11.2 Å². The van der Waals surface area contributed by atoms with E-state index in [4.69, 9.17) is 11.6 Å². The van der Waals surface area contributed by atoms with Gasteiger partial charge in [-0.3, -0.25) is 0 Å². The van der Waals surface area contributed by atoms with Crippen LogP contribution in [-0.2, 0) is 12.0 Å². The first-order valence-corrected chi connectivity index (χ1v) is 7.20. The summed E-state index contributed by atoms with van der Waals surface area (Å²) in [7, 11) is 0. The summed E-state index contributed by atoms with van der Waals surface area (Å²) in [5.74, 6) is 0.0831. The van der Waals surface area contributed by atoms with Crippen LogP contribution in [0.2, 0.25) is 5.02 Å². The third-order valence-corrected chi connectivity index (χ3v) is 4.39. The van der Waals surface area contributed by atoms with Gasteiger partial charge < -0.3 is 9.88 Å². The van der Waals surface area contributed by atoms with Crippen LogP contribution in [0.1, 0.15) is 19.2 Å². The molecule has 1 N–H and O–H groups in total. The molecule has 2 aromatic rings. The van der Waals surface area contributed by atoms with Crippen molar-refractivity contribution in [1.82, 2.24) is 14.9 Å². The average Bonchev–Trinajstić information content (AvgIpc) is 3.01. The molecule has 1 aromatic carbocycles. The van der Waals surface area contributed by atoms with Crippen LogP contribution in [0.4, 0.5) is 13.2 Å². The predicted octanol–water partition coefficient (Wildman–Crippen LogP) is 3.50. The zero-order valence-corrected chi connectivity index (χ0v) is 12.2. The number of nitrogens with zero attached hydrogens (tertiary/aromatic N) is 2. The zero-order chi connectivity index (χ0) is 15.3. The van der Waals surface area contributed by atoms with Crippen LogP contribution < -0.4 is 5.32 Å². The Morgan fingerprint density at radius 1 is 1.43 bits per heavy atom. The summed E-state index contributed by atoms with van der Waals surface area (Å²) in [5.41, 5.74) is -0.726. The largest absolute Gasteiger partial charge is 0.402 e. The van der Waals surface area contributed by atoms with Gasteiger partial charge in [0.25, 0.3) is 0 Å². The van der Waals surface area contributed by atoms with Crippen LogP contribution in [0.15, 0.2) is 18.2 Å². The van der Waals surface area contributed by atoms with Gasteiger partial charge in [0.15, 0.2) is 0 Å². The SMILES string of the molecule is CCn1c(C2(C(F)(F)F)CCNC2)nc2cc(Cl)ccc21. The molecule has 1 fully saturated rings. The van der Waals surface area contributed by atoms with E-state index in [1.807, 2.05) is 6.92 Å². The quantitative estimate of drug-likeness (QED) is 0.918. The van der Waals surface area contributed by atoms with Gasteiger partial charge in [0, 0.05) is 18.1 Å². The van der Waals surface area contributed by atoms with Gasteiger partial charge in [-0.05, 0) is 38.1 Å². The number of aryl methyl sites for hydroxylation is 1. The molecule has 114 valence electrons. The van der Waals surface area contributed by atoms with Crippen molar-refractivity contribution in [2.45, 2.75) is 31.5 Å². The van der Waals surface area contributed by atoms with Crippen molar-refractivity contribution in [3.63, 3.8) is 0 Å². The fraction of sp³-hybridized carbons (Fsp3) is 0.500. The summed E-state index contributed by atoms with van der Waals surface area (Å²) in [4.78, 5) is 4.28. The van der Waals surface area contributed by atoms with E-state index < -0.39 is 11.6 Å². The molecule has 0 saturated carbocycles. The van der Waals surface area contributed by atoms with Crippen LogP contribution in [-0.4, -0.2) is 28.8 Å². The first kappa shape index (κ1) is 14.7. The smallest absolute Gasteiger partial charge is 0.327 e. The summed E-state index contributed by atoms with van der Waals surface area (Å²) in [5, 5.41) is 3.30. The number of halogens is 4. The lowest BCUT2D eigenvalue weighted by atomic mass is 9.85. The molecule has 0 radical (unpaired) electrons. The van der Waals surface area contributed by atoms with E-state index in [0.717, 1.165) is 0 Å². The second-order valence-corrected chi connectivity index (χ2v) is 5.76. The molecular formula is C14H15ClF3N3. The highest BCUT2D eigenvalue weighted by Crippen LogP contribution is 2.45. The van der Waals surface area contributed by atoms with Crippen molar-refractivity contribution >= 4 is 22.6 Å². The van der Waals surface area contributed by atoms with Gasteiger partial charge in [0.2, 0.25) is 0 Å². The molecule has 0 amide bonds. The average molecular weight is 318 g/mol. The Bertz CT molecular complexity index is 672. The Balaban J connectivity index is 2.27. The molecule has 1 atom stereocenters. The van der Waals surface area contributed by atoms with Gasteiger partial charge >= 0.3 is 6.18 Å². The van der Waals surface area contributed by atoms with Gasteiger partial charge in [-0.25, -0.2) is 4.98 Å². The molecule has 7 heteroatoms. The van der Waals surface area contributed by atoms with Crippen molar-refractivity contribution in [1.29, 1.82) is 0 Å². The van der Waals surface area contributed by atoms with E-state index in [2.05, 4.69) is 10.3 Å². The van der Waals surface area contributed by atoms with Crippen molar-refractivity contribution in [2.75, 3.05) is 13.1 Å². The Kier molecular flexibility index (Phi) is 3.41. The second-order valence-electron chi connectivity index (χ2n) is 5.32. The summed E-state index contributed by atoms with van der Waals surface area (Å²) in [6.45, 7) is 2.47. The minimum atomic E-state index is -4.34. The maximum absolute atomic E-state index is 13.7. The molecule has 3 rings (SSSR count). The Hall–Kier alpha value is -1.27. The molecule has 0 aliphatic carbocycles. The summed E-state index contributed by atoms with van der Waals surface area (Å²) < 4.78 is 42.8. The lowest BCUT2D eigenvalue weighted by Crippen LogP contribution is -2.46. The van der Waals surface area contributed by atoms with E-state index in [1.54, 1.807) is 22.8 Å². The molecule has 1 aliphatic rings. The number of hydrogen-bond acceptors (Lipinski definition) is 2. The number of rotatable bonds is 2. The van der Waals surface area contributed by atoms with Gasteiger partial charge in [-0.2, -0.15) is 13.2 Å². The van der Waals surface area contributed by atoms with E-state index in [9.17, 15) is 13.2 Å². The molecule has 1 aliphatic heterocycles. The number of nitrogens with one attached hydrogen (secondary N) is 1. The molecule has 0 spiro atoms. The highest BCUT2D eigenvalue weighted by Gasteiger charge is 2.59. The number of fused-ring (bicyclic) bond motifs is 1. The van der Waals surface area contributed by atoms with E-state index >= 15 is 0 Å². The highest BCUT2D eigenvalue weighted by molar-refractivity contribution is 6.31. The minimum absolute atomic E-state index is 0.00749. The summed E-state index contributed by atoms with van der Waals surface area (Å²) in [6, 6.07) is 5.01. The molecular weight excluding hydrogens is 303 g/mol. The number of aromatic nitrogens is 2. The maximum atomic E-state index is 13.7. The third-order valence-electron chi connectivity index (χ3n) is 4.15. The fourth-order valence-corrected chi connectivity index (χ4v) is 3.21. The predicted molar refractivity (Wildman–Crippen MR) is 75.6 cm³/mol. The maximum Gasteiger partial charge on any atom is 0.402 e. The monoisotopic (exact) mass is 317 g/mol. The minimum Gasteiger partial charge on any atom is -0.327 e. The van der Waals surface area contributed by atoms with E-state index in [-0.39, 0.29) is 18.8 Å². The zero-order valence-electron chi connectivity index (χ0n) is 11.5. The standard InChI is InChI=1S/C14H15ClF3N3/c1-2-21-11-4-3-9(15)7-10(11)20-12(21)13(14(16,17)18)5-6-19-8-13/h3-4,7,19H,2,5-6,8H2,1H3. The number of imidazole rings is 1. The molecule has 3 nitrogen and oxygen atoms in total. The Labute approximate surface area is 125 Å². The van der Waals surface area contributed by atoms with Crippen molar-refractivity contribution < 1.29 is 13.2 Å². The molecule has 21 heavy (non-hydrogen) atoms. The number of benzene rings is 1. The normalized spacial score (nSPS) is 23.1. The third kappa shape index (κ3) is 2.12. The molecule has 1 saturated heterocycles. The number of hydrogen-bond donors (Lipinski definition) is 1. The van der Waals surface area contributed by atoms with Gasteiger partial charge in [0.05, 0.1) is 11.0 Å². The number of alkyl halides is 3. The van der Waals surface area contributed by atoms with Crippen molar-refractivity contribution in [3.8, 4) is 0 Å². The Morgan fingerprint density at radius 3 is 2.76 bits per heavy atom. The second kappa shape index (κ2) is 4.88. The molecule has 0 bridgehead atoms. The lowest BCUT2D eigenvalue weighted by molar-refractivity contribution is -0.187. The molecule has 2 heterocycles. The first-order chi connectivity index (χ1) is 9.89. The van der Waals surface area contributed by atoms with Crippen LogP contribution in [0.5, 0.6) is 0 Å². The van der Waals surface area contributed by atoms with Crippen LogP contribution >= 0.6 is 11.6 Å². The fourth-order valence-electron chi connectivity index (χ4n) is 3.04. The van der Waals surface area contributed by atoms with Crippen molar-refractivity contribution in [2.24, 2.45) is 0 Å². The lowest BCUT2D eigenvalue weighted by Gasteiger charge is -2.30. The van der Waals surface area contributed by atoms with Crippen molar-refractivity contribution in [3.05, 3.63) is 29.0 Å². The van der Waals surface area contributed by atoms with Gasteiger partial charge in [-0.1, -0.05) is 11.6 Å². The highest BCUT2D eigenvalue weighted by atomic mass is 35.5. The summed E-state index contributed by atoms with van der Waals surface area (Å²) in [6.07, 6.45) is -4.33. The Morgan fingerprint density at radius 2 is 2.19 bits per heavy atom. The molecule has 1 unspecified atom stereocenters. The first-order valence-electron chi connectivity index (χ1n) is 6.83. The van der Waals surface area contributed by atoms with E-state index in [0.29, 0.717) is 29.1 Å². The topological polar surface area (TPSA) is 29.9 Å². The van der Waals surface area contributed by atoms with Crippen LogP contribution in [0.25, 0.3) is 11.0 Å².